The second kappa shape index (κ2) is 4.19. The highest BCUT2D eigenvalue weighted by atomic mass is 16.3. The molecule has 1 fully saturated rings. The summed E-state index contributed by atoms with van der Waals surface area (Å²) in [5.74, 6) is 0. The minimum atomic E-state index is -0.173. The van der Waals surface area contributed by atoms with Crippen LogP contribution in [-0.2, 0) is 12.8 Å². The van der Waals surface area contributed by atoms with Gasteiger partial charge in [0, 0.05) is 12.5 Å². The first-order valence-corrected chi connectivity index (χ1v) is 6.33. The average molecular weight is 217 g/mol. The molecule has 2 aliphatic rings. The van der Waals surface area contributed by atoms with Gasteiger partial charge < -0.3 is 5.11 Å². The lowest BCUT2D eigenvalue weighted by Crippen LogP contribution is -2.47. The monoisotopic (exact) mass is 217 g/mol. The van der Waals surface area contributed by atoms with Crippen LogP contribution in [0, 0.1) is 0 Å². The maximum absolute atomic E-state index is 10.2. The molecule has 0 amide bonds. The van der Waals surface area contributed by atoms with Gasteiger partial charge in [0.05, 0.1) is 6.10 Å². The van der Waals surface area contributed by atoms with E-state index in [1.165, 1.54) is 37.1 Å². The van der Waals surface area contributed by atoms with E-state index in [4.69, 9.17) is 0 Å². The number of rotatable bonds is 1. The van der Waals surface area contributed by atoms with Crippen molar-refractivity contribution in [3.63, 3.8) is 0 Å². The summed E-state index contributed by atoms with van der Waals surface area (Å²) in [6.45, 7) is 2.34. The summed E-state index contributed by atoms with van der Waals surface area (Å²) in [5.41, 5.74) is 2.77. The van der Waals surface area contributed by atoms with Gasteiger partial charge >= 0.3 is 0 Å². The van der Waals surface area contributed by atoms with Crippen LogP contribution in [0.5, 0.6) is 0 Å². The minimum Gasteiger partial charge on any atom is -0.391 e. The Morgan fingerprint density at radius 2 is 1.62 bits per heavy atom. The van der Waals surface area contributed by atoms with Crippen LogP contribution in [0.3, 0.4) is 0 Å². The predicted octanol–water partition coefficient (Wildman–Crippen LogP) is 1.61. The van der Waals surface area contributed by atoms with Gasteiger partial charge in [0.25, 0.3) is 0 Å². The van der Waals surface area contributed by atoms with E-state index >= 15 is 0 Å². The number of hydrogen-bond acceptors (Lipinski definition) is 2. The smallest absolute Gasteiger partial charge is 0.0738 e. The molecule has 0 saturated carbocycles. The van der Waals surface area contributed by atoms with E-state index in [0.29, 0.717) is 6.04 Å². The normalized spacial score (nSPS) is 30.3. The predicted molar refractivity (Wildman–Crippen MR) is 64.5 cm³/mol. The molecule has 1 saturated heterocycles. The molecule has 2 atom stereocenters. The van der Waals surface area contributed by atoms with Crippen LogP contribution < -0.4 is 0 Å². The van der Waals surface area contributed by atoms with Crippen molar-refractivity contribution < 1.29 is 5.11 Å². The Morgan fingerprint density at radius 1 is 1.00 bits per heavy atom. The summed E-state index contributed by atoms with van der Waals surface area (Å²) < 4.78 is 0. The molecule has 0 spiro atoms. The number of aliphatic hydroxyl groups excluding tert-OH is 1. The third-order valence-electron chi connectivity index (χ3n) is 4.03. The lowest BCUT2D eigenvalue weighted by Gasteiger charge is -2.36. The molecule has 3 rings (SSSR count). The summed E-state index contributed by atoms with van der Waals surface area (Å²) in [6.07, 6.45) is 4.28. The van der Waals surface area contributed by atoms with Crippen LogP contribution in [0.1, 0.15) is 24.0 Å². The van der Waals surface area contributed by atoms with Gasteiger partial charge in [0.1, 0.15) is 0 Å². The van der Waals surface area contributed by atoms with Gasteiger partial charge in [-0.1, -0.05) is 24.3 Å². The van der Waals surface area contributed by atoms with Gasteiger partial charge in [-0.2, -0.15) is 0 Å². The Balaban J connectivity index is 1.83. The summed E-state index contributed by atoms with van der Waals surface area (Å²) in [7, 11) is 0. The SMILES string of the molecule is OC1Cc2ccccc2CC1N1CCCC1. The van der Waals surface area contributed by atoms with Crippen molar-refractivity contribution in [2.45, 2.75) is 37.8 Å². The second-order valence-corrected chi connectivity index (χ2v) is 5.05. The van der Waals surface area contributed by atoms with Crippen molar-refractivity contribution in [3.05, 3.63) is 35.4 Å². The van der Waals surface area contributed by atoms with E-state index in [2.05, 4.69) is 29.2 Å². The molecule has 0 radical (unpaired) electrons. The van der Waals surface area contributed by atoms with E-state index in [1.54, 1.807) is 0 Å². The standard InChI is InChI=1S/C14H19NO/c16-14-10-12-6-2-1-5-11(12)9-13(14)15-7-3-4-8-15/h1-2,5-6,13-14,16H,3-4,7-10H2. The first-order valence-electron chi connectivity index (χ1n) is 6.33. The number of likely N-dealkylation sites (tertiary alicyclic amines) is 1. The Kier molecular flexibility index (Phi) is 2.70. The van der Waals surface area contributed by atoms with E-state index < -0.39 is 0 Å². The molecule has 1 aliphatic carbocycles. The zero-order chi connectivity index (χ0) is 11.0. The van der Waals surface area contributed by atoms with E-state index in [-0.39, 0.29) is 6.10 Å². The van der Waals surface area contributed by atoms with Crippen LogP contribution >= 0.6 is 0 Å². The molecule has 1 heterocycles. The number of nitrogens with zero attached hydrogens (tertiary/aromatic N) is 1. The van der Waals surface area contributed by atoms with Crippen molar-refractivity contribution in [1.29, 1.82) is 0 Å². The number of fused-ring (bicyclic) bond motifs is 1. The van der Waals surface area contributed by atoms with Gasteiger partial charge in [-0.25, -0.2) is 0 Å². The molecule has 2 unspecified atom stereocenters. The molecule has 0 aromatic heterocycles. The van der Waals surface area contributed by atoms with E-state index in [9.17, 15) is 5.11 Å². The van der Waals surface area contributed by atoms with Crippen LogP contribution in [0.25, 0.3) is 0 Å². The Labute approximate surface area is 96.9 Å². The highest BCUT2D eigenvalue weighted by molar-refractivity contribution is 5.31. The third kappa shape index (κ3) is 1.76. The summed E-state index contributed by atoms with van der Waals surface area (Å²) in [6, 6.07) is 8.90. The summed E-state index contributed by atoms with van der Waals surface area (Å²) in [4.78, 5) is 2.47. The maximum Gasteiger partial charge on any atom is 0.0738 e. The highest BCUT2D eigenvalue weighted by Crippen LogP contribution is 2.26. The molecular formula is C14H19NO. The summed E-state index contributed by atoms with van der Waals surface area (Å²) >= 11 is 0. The summed E-state index contributed by atoms with van der Waals surface area (Å²) in [5, 5.41) is 10.2. The number of benzene rings is 1. The van der Waals surface area contributed by atoms with Crippen molar-refractivity contribution in [2.24, 2.45) is 0 Å². The van der Waals surface area contributed by atoms with Crippen LogP contribution in [0.4, 0.5) is 0 Å². The van der Waals surface area contributed by atoms with Gasteiger partial charge in [-0.3, -0.25) is 4.90 Å². The van der Waals surface area contributed by atoms with Crippen molar-refractivity contribution in [3.8, 4) is 0 Å². The Hall–Kier alpha value is -0.860. The Morgan fingerprint density at radius 3 is 2.31 bits per heavy atom. The zero-order valence-corrected chi connectivity index (χ0v) is 9.60. The quantitative estimate of drug-likeness (QED) is 0.772. The third-order valence-corrected chi connectivity index (χ3v) is 4.03. The lowest BCUT2D eigenvalue weighted by molar-refractivity contribution is 0.0554. The van der Waals surface area contributed by atoms with Crippen molar-refractivity contribution in [2.75, 3.05) is 13.1 Å². The molecular weight excluding hydrogens is 198 g/mol. The maximum atomic E-state index is 10.2. The van der Waals surface area contributed by atoms with Crippen molar-refractivity contribution >= 4 is 0 Å². The topological polar surface area (TPSA) is 23.5 Å². The van der Waals surface area contributed by atoms with E-state index in [0.717, 1.165) is 12.8 Å². The zero-order valence-electron chi connectivity index (χ0n) is 9.60. The first-order chi connectivity index (χ1) is 7.84. The van der Waals surface area contributed by atoms with Gasteiger partial charge in [-0.05, 0) is 43.5 Å². The molecule has 1 N–H and O–H groups in total. The lowest BCUT2D eigenvalue weighted by atomic mass is 9.85. The Bertz CT molecular complexity index is 371. The molecule has 2 heteroatoms. The number of hydrogen-bond donors (Lipinski definition) is 1. The number of aliphatic hydroxyl groups is 1. The largest absolute Gasteiger partial charge is 0.391 e. The fourth-order valence-corrected chi connectivity index (χ4v) is 3.12. The second-order valence-electron chi connectivity index (χ2n) is 5.05. The van der Waals surface area contributed by atoms with Crippen molar-refractivity contribution in [1.82, 2.24) is 4.90 Å². The average Bonchev–Trinajstić information content (AvgIpc) is 2.81. The molecule has 16 heavy (non-hydrogen) atoms. The first kappa shape index (κ1) is 10.3. The van der Waals surface area contributed by atoms with Crippen LogP contribution in [-0.4, -0.2) is 35.2 Å². The molecule has 1 aromatic carbocycles. The molecule has 2 nitrogen and oxygen atoms in total. The van der Waals surface area contributed by atoms with Gasteiger partial charge in [0.15, 0.2) is 0 Å². The molecule has 86 valence electrons. The molecule has 0 bridgehead atoms. The van der Waals surface area contributed by atoms with Gasteiger partial charge in [0.2, 0.25) is 0 Å². The fourth-order valence-electron chi connectivity index (χ4n) is 3.12. The fraction of sp³-hybridized carbons (Fsp3) is 0.571. The highest BCUT2D eigenvalue weighted by Gasteiger charge is 2.32. The molecule has 1 aromatic rings. The van der Waals surface area contributed by atoms with Crippen LogP contribution in [0.2, 0.25) is 0 Å². The van der Waals surface area contributed by atoms with E-state index in [1.807, 2.05) is 0 Å². The van der Waals surface area contributed by atoms with Crippen LogP contribution in [0.15, 0.2) is 24.3 Å². The molecule has 1 aliphatic heterocycles. The van der Waals surface area contributed by atoms with Gasteiger partial charge in [-0.15, -0.1) is 0 Å². The minimum absolute atomic E-state index is 0.173.